The first-order valence-corrected chi connectivity index (χ1v) is 9.02. The van der Waals surface area contributed by atoms with Crippen LogP contribution >= 0.6 is 0 Å². The molecule has 0 aliphatic heterocycles. The van der Waals surface area contributed by atoms with Gasteiger partial charge in [-0.2, -0.15) is 0 Å². The summed E-state index contributed by atoms with van der Waals surface area (Å²) in [5.74, 6) is -0.0220. The Kier molecular flexibility index (Phi) is 4.77. The number of carbonyl (C=O) groups is 1. The topological polar surface area (TPSA) is 73.1 Å². The summed E-state index contributed by atoms with van der Waals surface area (Å²) in [7, 11) is 3.67. The lowest BCUT2D eigenvalue weighted by molar-refractivity contribution is -0.159. The molecule has 136 valence electrons. The molecule has 1 saturated carbocycles. The lowest BCUT2D eigenvalue weighted by Gasteiger charge is -2.58. The molecule has 1 fully saturated rings. The second-order valence-electron chi connectivity index (χ2n) is 6.83. The van der Waals surface area contributed by atoms with Crippen molar-refractivity contribution < 1.29 is 9.53 Å². The molecule has 0 spiro atoms. The average Bonchev–Trinajstić information content (AvgIpc) is 2.99. The largest absolute Gasteiger partial charge is 0.378 e. The fourth-order valence-corrected chi connectivity index (χ4v) is 4.27. The van der Waals surface area contributed by atoms with Crippen molar-refractivity contribution >= 4 is 17.1 Å². The van der Waals surface area contributed by atoms with Crippen molar-refractivity contribution in [3.05, 3.63) is 17.8 Å². The summed E-state index contributed by atoms with van der Waals surface area (Å²) in [6.07, 6.45) is 4.73. The van der Waals surface area contributed by atoms with Gasteiger partial charge in [-0.3, -0.25) is 4.79 Å². The minimum Gasteiger partial charge on any atom is -0.378 e. The van der Waals surface area contributed by atoms with E-state index in [-0.39, 0.29) is 23.5 Å². The highest BCUT2D eigenvalue weighted by atomic mass is 16.5. The summed E-state index contributed by atoms with van der Waals surface area (Å²) in [6.45, 7) is 7.12. The minimum absolute atomic E-state index is 0.0220. The zero-order chi connectivity index (χ0) is 18.2. The van der Waals surface area contributed by atoms with Crippen molar-refractivity contribution in [2.45, 2.75) is 52.2 Å². The second kappa shape index (κ2) is 6.71. The Balaban J connectivity index is 1.83. The molecule has 0 saturated heterocycles. The van der Waals surface area contributed by atoms with Crippen molar-refractivity contribution in [2.24, 2.45) is 12.5 Å². The van der Waals surface area contributed by atoms with E-state index in [1.54, 1.807) is 24.0 Å². The number of ether oxygens (including phenoxy) is 1. The average molecular weight is 345 g/mol. The molecule has 2 heterocycles. The quantitative estimate of drug-likeness (QED) is 0.804. The molecule has 2 aromatic rings. The third-order valence-electron chi connectivity index (χ3n) is 5.90. The number of aryl methyl sites for hydroxylation is 1. The van der Waals surface area contributed by atoms with Crippen LogP contribution in [0.5, 0.6) is 0 Å². The van der Waals surface area contributed by atoms with Crippen molar-refractivity contribution in [2.75, 3.05) is 13.7 Å². The predicted octanol–water partition coefficient (Wildman–Crippen LogP) is 2.42. The lowest BCUT2D eigenvalue weighted by Crippen LogP contribution is -2.64. The molecule has 0 bridgehead atoms. The number of amides is 1. The van der Waals surface area contributed by atoms with Crippen LogP contribution in [0.25, 0.3) is 11.2 Å². The molecule has 1 amide bonds. The highest BCUT2D eigenvalue weighted by Gasteiger charge is 2.55. The summed E-state index contributed by atoms with van der Waals surface area (Å²) < 4.78 is 7.53. The maximum Gasteiger partial charge on any atom is 0.255 e. The van der Waals surface area contributed by atoms with Crippen LogP contribution < -0.4 is 0 Å². The Bertz CT molecular complexity index is 768. The summed E-state index contributed by atoms with van der Waals surface area (Å²) in [4.78, 5) is 19.2. The fraction of sp³-hybridized carbons (Fsp3) is 0.667. The molecular weight excluding hydrogens is 318 g/mol. The summed E-state index contributed by atoms with van der Waals surface area (Å²) in [6, 6.07) is 1.95. The van der Waals surface area contributed by atoms with Gasteiger partial charge < -0.3 is 9.64 Å². The van der Waals surface area contributed by atoms with Gasteiger partial charge in [0.25, 0.3) is 5.91 Å². The molecule has 1 aliphatic rings. The van der Waals surface area contributed by atoms with Gasteiger partial charge in [0.15, 0.2) is 5.65 Å². The zero-order valence-electron chi connectivity index (χ0n) is 15.7. The molecular formula is C18H27N5O2. The normalized spacial score (nSPS) is 22.0. The number of hydrogen-bond acceptors (Lipinski definition) is 5. The Hall–Kier alpha value is -2.02. The molecule has 0 unspecified atom stereocenters. The lowest BCUT2D eigenvalue weighted by atomic mass is 9.58. The monoisotopic (exact) mass is 345 g/mol. The van der Waals surface area contributed by atoms with Gasteiger partial charge in [0.2, 0.25) is 0 Å². The Morgan fingerprint density at radius 3 is 2.76 bits per heavy atom. The standard InChI is InChI=1S/C18H27N5O2/c1-6-18(7-2)14(10-15(18)25-8-3)22(4)17(24)12-9-13-16(19-11-12)23(5)21-20-13/h9,11,14-15H,6-8,10H2,1-5H3/t14-,15+/m1/s1. The van der Waals surface area contributed by atoms with Crippen LogP contribution in [-0.2, 0) is 11.8 Å². The van der Waals surface area contributed by atoms with Gasteiger partial charge in [-0.25, -0.2) is 9.67 Å². The van der Waals surface area contributed by atoms with E-state index in [0.717, 1.165) is 19.3 Å². The van der Waals surface area contributed by atoms with Crippen LogP contribution in [0.3, 0.4) is 0 Å². The maximum absolute atomic E-state index is 13.0. The number of rotatable bonds is 6. The summed E-state index contributed by atoms with van der Waals surface area (Å²) >= 11 is 0. The molecule has 7 nitrogen and oxygen atoms in total. The number of carbonyl (C=O) groups excluding carboxylic acids is 1. The van der Waals surface area contributed by atoms with Crippen molar-refractivity contribution in [1.29, 1.82) is 0 Å². The van der Waals surface area contributed by atoms with E-state index in [9.17, 15) is 4.79 Å². The van der Waals surface area contributed by atoms with Gasteiger partial charge in [-0.15, -0.1) is 5.10 Å². The van der Waals surface area contributed by atoms with Crippen LogP contribution in [0.2, 0.25) is 0 Å². The predicted molar refractivity (Wildman–Crippen MR) is 95.2 cm³/mol. The van der Waals surface area contributed by atoms with Crippen molar-refractivity contribution in [3.8, 4) is 0 Å². The van der Waals surface area contributed by atoms with E-state index in [0.29, 0.717) is 23.3 Å². The second-order valence-corrected chi connectivity index (χ2v) is 6.83. The SMILES string of the molecule is CCO[C@H]1C[C@@H](N(C)C(=O)c2cnc3c(c2)nnn3C)C1(CC)CC. The number of hydrogen-bond donors (Lipinski definition) is 0. The smallest absolute Gasteiger partial charge is 0.255 e. The van der Waals surface area contributed by atoms with Gasteiger partial charge in [-0.1, -0.05) is 19.1 Å². The molecule has 1 aliphatic carbocycles. The highest BCUT2D eigenvalue weighted by molar-refractivity contribution is 5.96. The minimum atomic E-state index is -0.0220. The fourth-order valence-electron chi connectivity index (χ4n) is 4.27. The first-order valence-electron chi connectivity index (χ1n) is 9.02. The number of aromatic nitrogens is 4. The van der Waals surface area contributed by atoms with E-state index in [1.807, 2.05) is 18.9 Å². The summed E-state index contributed by atoms with van der Waals surface area (Å²) in [5, 5.41) is 8.00. The van der Waals surface area contributed by atoms with Crippen LogP contribution in [0.1, 0.15) is 50.4 Å². The third-order valence-corrected chi connectivity index (χ3v) is 5.90. The first kappa shape index (κ1) is 17.8. The number of nitrogens with zero attached hydrogens (tertiary/aromatic N) is 5. The van der Waals surface area contributed by atoms with Crippen LogP contribution in [-0.4, -0.2) is 56.6 Å². The van der Waals surface area contributed by atoms with Gasteiger partial charge in [0.1, 0.15) is 5.52 Å². The van der Waals surface area contributed by atoms with Crippen LogP contribution in [0.4, 0.5) is 0 Å². The van der Waals surface area contributed by atoms with Gasteiger partial charge >= 0.3 is 0 Å². The van der Waals surface area contributed by atoms with Crippen LogP contribution in [0.15, 0.2) is 12.3 Å². The number of pyridine rings is 1. The van der Waals surface area contributed by atoms with E-state index < -0.39 is 0 Å². The Labute approximate surface area is 148 Å². The van der Waals surface area contributed by atoms with E-state index in [1.165, 1.54) is 0 Å². The molecule has 0 radical (unpaired) electrons. The zero-order valence-corrected chi connectivity index (χ0v) is 15.7. The van der Waals surface area contributed by atoms with Gasteiger partial charge in [0.05, 0.1) is 11.7 Å². The summed E-state index contributed by atoms with van der Waals surface area (Å²) in [5.41, 5.74) is 1.90. The first-order chi connectivity index (χ1) is 12.0. The molecule has 0 aromatic carbocycles. The van der Waals surface area contributed by atoms with E-state index >= 15 is 0 Å². The molecule has 7 heteroatoms. The van der Waals surface area contributed by atoms with Gasteiger partial charge in [-0.05, 0) is 32.3 Å². The van der Waals surface area contributed by atoms with Crippen molar-refractivity contribution in [3.63, 3.8) is 0 Å². The van der Waals surface area contributed by atoms with Crippen molar-refractivity contribution in [1.82, 2.24) is 24.9 Å². The highest BCUT2D eigenvalue weighted by Crippen LogP contribution is 2.51. The molecule has 2 atom stereocenters. The molecule has 3 rings (SSSR count). The molecule has 0 N–H and O–H groups in total. The van der Waals surface area contributed by atoms with E-state index in [4.69, 9.17) is 4.74 Å². The number of fused-ring (bicyclic) bond motifs is 1. The Morgan fingerprint density at radius 2 is 2.12 bits per heavy atom. The Morgan fingerprint density at radius 1 is 1.40 bits per heavy atom. The van der Waals surface area contributed by atoms with Gasteiger partial charge in [0, 0.05) is 38.4 Å². The molecule has 2 aromatic heterocycles. The maximum atomic E-state index is 13.0. The van der Waals surface area contributed by atoms with E-state index in [2.05, 4.69) is 29.1 Å². The third kappa shape index (κ3) is 2.70. The molecule has 25 heavy (non-hydrogen) atoms. The van der Waals surface area contributed by atoms with Crippen LogP contribution in [0, 0.1) is 5.41 Å².